The molecule has 0 aromatic rings. The van der Waals surface area contributed by atoms with Crippen LogP contribution in [-0.2, 0) is 13.3 Å². The van der Waals surface area contributed by atoms with Crippen LogP contribution in [0.1, 0.15) is 6.42 Å². The summed E-state index contributed by atoms with van der Waals surface area (Å²) < 4.78 is 16.1. The van der Waals surface area contributed by atoms with Crippen LogP contribution in [0.15, 0.2) is 0 Å². The molecular formula is C12H32N4O3Si. The van der Waals surface area contributed by atoms with Gasteiger partial charge in [0, 0.05) is 66.6 Å². The first kappa shape index (κ1) is 19.9. The summed E-state index contributed by atoms with van der Waals surface area (Å²) in [5, 5.41) is 3.41. The lowest BCUT2D eigenvalue weighted by Crippen LogP contribution is -2.43. The minimum absolute atomic E-state index is 0.670. The van der Waals surface area contributed by atoms with E-state index >= 15 is 0 Å². The minimum Gasteiger partial charge on any atom is -0.377 e. The normalized spacial score (nSPS) is 12.3. The summed E-state index contributed by atoms with van der Waals surface area (Å²) in [6.45, 7) is 5.95. The topological polar surface area (TPSA) is 95.0 Å². The molecule has 20 heavy (non-hydrogen) atoms. The zero-order valence-corrected chi connectivity index (χ0v) is 14.2. The van der Waals surface area contributed by atoms with E-state index in [4.69, 9.17) is 24.7 Å². The van der Waals surface area contributed by atoms with Crippen molar-refractivity contribution in [3.05, 3.63) is 0 Å². The Morgan fingerprint density at radius 2 is 1.45 bits per heavy atom. The van der Waals surface area contributed by atoms with E-state index in [1.165, 1.54) is 0 Å². The SMILES string of the molecule is CO[Si](CCCNCCN(CCN)CCN)(OC)OC. The lowest BCUT2D eigenvalue weighted by Gasteiger charge is -2.24. The predicted molar refractivity (Wildman–Crippen MR) is 83.6 cm³/mol. The maximum Gasteiger partial charge on any atom is 0.500 e. The first-order valence-corrected chi connectivity index (χ1v) is 9.09. The molecule has 0 aliphatic heterocycles. The van der Waals surface area contributed by atoms with Crippen LogP contribution in [-0.4, -0.2) is 80.8 Å². The van der Waals surface area contributed by atoms with E-state index in [1.54, 1.807) is 21.3 Å². The number of nitrogens with zero attached hydrogens (tertiary/aromatic N) is 1. The maximum atomic E-state index is 5.57. The van der Waals surface area contributed by atoms with Gasteiger partial charge in [0.05, 0.1) is 0 Å². The van der Waals surface area contributed by atoms with Crippen LogP contribution < -0.4 is 16.8 Å². The van der Waals surface area contributed by atoms with Crippen LogP contribution in [0.25, 0.3) is 0 Å². The maximum absolute atomic E-state index is 5.57. The summed E-state index contributed by atoms with van der Waals surface area (Å²) in [5.74, 6) is 0. The van der Waals surface area contributed by atoms with Crippen LogP contribution >= 0.6 is 0 Å². The Hall–Kier alpha value is -0.0631. The van der Waals surface area contributed by atoms with Crippen molar-refractivity contribution in [1.82, 2.24) is 10.2 Å². The van der Waals surface area contributed by atoms with E-state index in [1.807, 2.05) is 0 Å². The van der Waals surface area contributed by atoms with Gasteiger partial charge in [-0.2, -0.15) is 0 Å². The van der Waals surface area contributed by atoms with E-state index in [2.05, 4.69) is 10.2 Å². The molecule has 0 rings (SSSR count). The number of rotatable bonds is 14. The van der Waals surface area contributed by atoms with Gasteiger partial charge < -0.3 is 30.1 Å². The summed E-state index contributed by atoms with van der Waals surface area (Å²) in [6.07, 6.45) is 0.968. The number of hydrogen-bond donors (Lipinski definition) is 3. The summed E-state index contributed by atoms with van der Waals surface area (Å²) in [7, 11) is 2.52. The summed E-state index contributed by atoms with van der Waals surface area (Å²) in [6, 6.07) is 0.818. The van der Waals surface area contributed by atoms with E-state index in [0.717, 1.165) is 45.2 Å². The van der Waals surface area contributed by atoms with Crippen LogP contribution in [0.5, 0.6) is 0 Å². The molecule has 122 valence electrons. The average Bonchev–Trinajstić information content (AvgIpc) is 2.48. The van der Waals surface area contributed by atoms with Crippen molar-refractivity contribution in [2.45, 2.75) is 12.5 Å². The van der Waals surface area contributed by atoms with Gasteiger partial charge >= 0.3 is 8.80 Å². The predicted octanol–water partition coefficient (Wildman–Crippen LogP) is -0.936. The van der Waals surface area contributed by atoms with Crippen molar-refractivity contribution in [1.29, 1.82) is 0 Å². The molecule has 0 aliphatic carbocycles. The molecule has 0 radical (unpaired) electrons. The van der Waals surface area contributed by atoms with Gasteiger partial charge in [0.25, 0.3) is 0 Å². The second-order valence-corrected chi connectivity index (χ2v) is 7.66. The highest BCUT2D eigenvalue weighted by molar-refractivity contribution is 6.60. The molecule has 0 atom stereocenters. The van der Waals surface area contributed by atoms with Crippen LogP contribution in [0.2, 0.25) is 6.04 Å². The van der Waals surface area contributed by atoms with Gasteiger partial charge in [0.15, 0.2) is 0 Å². The van der Waals surface area contributed by atoms with Crippen molar-refractivity contribution in [2.24, 2.45) is 11.5 Å². The minimum atomic E-state index is -2.41. The van der Waals surface area contributed by atoms with Crippen LogP contribution in [0.4, 0.5) is 0 Å². The number of nitrogens with two attached hydrogens (primary N) is 2. The highest BCUT2D eigenvalue weighted by Crippen LogP contribution is 2.14. The average molecular weight is 308 g/mol. The zero-order chi connectivity index (χ0) is 15.3. The molecule has 0 unspecified atom stereocenters. The first-order valence-electron chi connectivity index (χ1n) is 7.16. The molecule has 0 heterocycles. The first-order chi connectivity index (χ1) is 9.67. The molecule has 0 aromatic heterocycles. The van der Waals surface area contributed by atoms with Gasteiger partial charge in [-0.1, -0.05) is 0 Å². The van der Waals surface area contributed by atoms with Crippen molar-refractivity contribution in [2.75, 3.05) is 67.1 Å². The second kappa shape index (κ2) is 12.7. The largest absolute Gasteiger partial charge is 0.500 e. The third-order valence-electron chi connectivity index (χ3n) is 3.26. The molecule has 0 aromatic carbocycles. The van der Waals surface area contributed by atoms with E-state index in [-0.39, 0.29) is 0 Å². The summed E-state index contributed by atoms with van der Waals surface area (Å²) in [5.41, 5.74) is 11.1. The van der Waals surface area contributed by atoms with E-state index < -0.39 is 8.80 Å². The third kappa shape index (κ3) is 8.27. The molecule has 7 nitrogen and oxygen atoms in total. The molecule has 5 N–H and O–H groups in total. The van der Waals surface area contributed by atoms with Gasteiger partial charge in [-0.3, -0.25) is 4.90 Å². The molecule has 0 fully saturated rings. The van der Waals surface area contributed by atoms with Crippen LogP contribution in [0, 0.1) is 0 Å². The number of nitrogens with one attached hydrogen (secondary N) is 1. The van der Waals surface area contributed by atoms with Crippen LogP contribution in [0.3, 0.4) is 0 Å². The Balaban J connectivity index is 3.69. The Morgan fingerprint density at radius 1 is 0.900 bits per heavy atom. The Labute approximate surface area is 124 Å². The Kier molecular flexibility index (Phi) is 12.6. The summed E-state index contributed by atoms with van der Waals surface area (Å²) in [4.78, 5) is 2.27. The summed E-state index contributed by atoms with van der Waals surface area (Å²) >= 11 is 0. The fourth-order valence-electron chi connectivity index (χ4n) is 2.05. The molecular weight excluding hydrogens is 276 g/mol. The van der Waals surface area contributed by atoms with Gasteiger partial charge in [-0.05, 0) is 13.0 Å². The monoisotopic (exact) mass is 308 g/mol. The highest BCUT2D eigenvalue weighted by atomic mass is 28.4. The highest BCUT2D eigenvalue weighted by Gasteiger charge is 2.36. The molecule has 0 saturated heterocycles. The van der Waals surface area contributed by atoms with Crippen molar-refractivity contribution in [3.63, 3.8) is 0 Å². The fourth-order valence-corrected chi connectivity index (χ4v) is 3.77. The van der Waals surface area contributed by atoms with Gasteiger partial charge in [-0.15, -0.1) is 0 Å². The quantitative estimate of drug-likeness (QED) is 0.282. The molecule has 0 aliphatic rings. The Morgan fingerprint density at radius 3 is 1.90 bits per heavy atom. The molecule has 0 bridgehead atoms. The van der Waals surface area contributed by atoms with Crippen molar-refractivity contribution in [3.8, 4) is 0 Å². The second-order valence-electron chi connectivity index (χ2n) is 4.57. The Bertz CT molecular complexity index is 207. The molecule has 0 saturated carbocycles. The lowest BCUT2D eigenvalue weighted by molar-refractivity contribution is 0.123. The fraction of sp³-hybridized carbons (Fsp3) is 1.00. The van der Waals surface area contributed by atoms with E-state index in [0.29, 0.717) is 13.1 Å². The van der Waals surface area contributed by atoms with Gasteiger partial charge in [-0.25, -0.2) is 0 Å². The smallest absolute Gasteiger partial charge is 0.377 e. The zero-order valence-electron chi connectivity index (χ0n) is 13.2. The molecule has 0 spiro atoms. The van der Waals surface area contributed by atoms with E-state index in [9.17, 15) is 0 Å². The van der Waals surface area contributed by atoms with Crippen molar-refractivity contribution >= 4 is 8.80 Å². The lowest BCUT2D eigenvalue weighted by atomic mass is 10.4. The standard InChI is InChI=1S/C12H32N4O3Si/c1-17-20(18-2,19-3)12-4-7-15-8-11-16(9-5-13)10-6-14/h15H,4-14H2,1-3H3. The molecule has 0 amide bonds. The number of hydrogen-bond acceptors (Lipinski definition) is 7. The van der Waals surface area contributed by atoms with Gasteiger partial charge in [0.2, 0.25) is 0 Å². The molecule has 8 heteroatoms. The van der Waals surface area contributed by atoms with Gasteiger partial charge in [0.1, 0.15) is 0 Å². The third-order valence-corrected chi connectivity index (χ3v) is 6.10. The van der Waals surface area contributed by atoms with Crippen molar-refractivity contribution < 1.29 is 13.3 Å².